The number of amides is 2. The second-order valence-corrected chi connectivity index (χ2v) is 5.58. The Bertz CT molecular complexity index is 488. The molecular formula is C13H21N5O2. The molecule has 0 fully saturated rings. The van der Waals surface area contributed by atoms with Gasteiger partial charge in [0.05, 0.1) is 6.54 Å². The minimum Gasteiger partial charge on any atom is -0.347 e. The van der Waals surface area contributed by atoms with Gasteiger partial charge in [0.15, 0.2) is 0 Å². The molecule has 0 saturated heterocycles. The minimum absolute atomic E-state index is 0.103. The van der Waals surface area contributed by atoms with Crippen LogP contribution in [0.1, 0.15) is 32.2 Å². The van der Waals surface area contributed by atoms with Crippen molar-refractivity contribution in [2.45, 2.75) is 34.6 Å². The van der Waals surface area contributed by atoms with Crippen molar-refractivity contribution in [3.8, 4) is 0 Å². The zero-order chi connectivity index (χ0) is 15.3. The normalized spacial score (nSPS) is 10.8. The van der Waals surface area contributed by atoms with Crippen molar-refractivity contribution in [1.82, 2.24) is 20.7 Å². The molecule has 1 aromatic rings. The monoisotopic (exact) mass is 279 g/mol. The van der Waals surface area contributed by atoms with Crippen LogP contribution < -0.4 is 16.2 Å². The van der Waals surface area contributed by atoms with E-state index in [2.05, 4.69) is 26.1 Å². The fourth-order valence-electron chi connectivity index (χ4n) is 1.38. The van der Waals surface area contributed by atoms with Gasteiger partial charge in [-0.1, -0.05) is 20.8 Å². The first-order valence-corrected chi connectivity index (χ1v) is 6.34. The summed E-state index contributed by atoms with van der Waals surface area (Å²) in [5, 5.41) is 2.55. The summed E-state index contributed by atoms with van der Waals surface area (Å²) < 4.78 is 0. The van der Waals surface area contributed by atoms with Crippen molar-refractivity contribution in [1.29, 1.82) is 0 Å². The molecule has 7 nitrogen and oxygen atoms in total. The number of hydrogen-bond acceptors (Lipinski definition) is 5. The van der Waals surface area contributed by atoms with Gasteiger partial charge in [-0.2, -0.15) is 0 Å². The average molecular weight is 279 g/mol. The van der Waals surface area contributed by atoms with Crippen LogP contribution in [0.15, 0.2) is 6.07 Å². The lowest BCUT2D eigenvalue weighted by Gasteiger charge is -2.17. The zero-order valence-electron chi connectivity index (χ0n) is 12.5. The molecule has 1 rings (SSSR count). The van der Waals surface area contributed by atoms with E-state index in [0.717, 1.165) is 11.4 Å². The second kappa shape index (κ2) is 6.31. The van der Waals surface area contributed by atoms with Crippen molar-refractivity contribution in [3.63, 3.8) is 0 Å². The predicted molar refractivity (Wildman–Crippen MR) is 75.7 cm³/mol. The van der Waals surface area contributed by atoms with Gasteiger partial charge in [0.25, 0.3) is 5.91 Å². The van der Waals surface area contributed by atoms with Gasteiger partial charge < -0.3 is 5.32 Å². The summed E-state index contributed by atoms with van der Waals surface area (Å²) in [5.74, 6) is -0.237. The number of carbonyl (C=O) groups excluding carboxylic acids is 2. The zero-order valence-corrected chi connectivity index (χ0v) is 12.5. The first kappa shape index (κ1) is 15.9. The van der Waals surface area contributed by atoms with E-state index in [9.17, 15) is 9.59 Å². The van der Waals surface area contributed by atoms with E-state index < -0.39 is 5.41 Å². The summed E-state index contributed by atoms with van der Waals surface area (Å²) in [5.41, 5.74) is 6.13. The first-order chi connectivity index (χ1) is 9.18. The first-order valence-electron chi connectivity index (χ1n) is 6.34. The summed E-state index contributed by atoms with van der Waals surface area (Å²) in [6, 6.07) is 1.83. The molecule has 0 unspecified atom stereocenters. The van der Waals surface area contributed by atoms with Crippen molar-refractivity contribution >= 4 is 17.8 Å². The summed E-state index contributed by atoms with van der Waals surface area (Å²) >= 11 is 0. The number of aryl methyl sites for hydroxylation is 2. The number of aromatic nitrogens is 2. The van der Waals surface area contributed by atoms with Crippen LogP contribution in [0.4, 0.5) is 5.95 Å². The van der Waals surface area contributed by atoms with Gasteiger partial charge >= 0.3 is 0 Å². The average Bonchev–Trinajstić information content (AvgIpc) is 2.31. The molecule has 0 atom stereocenters. The maximum absolute atomic E-state index is 11.6. The van der Waals surface area contributed by atoms with Crippen molar-refractivity contribution in [3.05, 3.63) is 17.5 Å². The van der Waals surface area contributed by atoms with E-state index in [1.54, 1.807) is 20.8 Å². The Hall–Kier alpha value is -2.18. The number of hydrogen-bond donors (Lipinski definition) is 3. The summed E-state index contributed by atoms with van der Waals surface area (Å²) in [7, 11) is 0. The van der Waals surface area contributed by atoms with E-state index in [1.165, 1.54) is 0 Å². The van der Waals surface area contributed by atoms with Crippen LogP contribution in [0.5, 0.6) is 0 Å². The molecule has 0 aliphatic carbocycles. The fraction of sp³-hybridized carbons (Fsp3) is 0.538. The highest BCUT2D eigenvalue weighted by atomic mass is 16.2. The largest absolute Gasteiger partial charge is 0.347 e. The van der Waals surface area contributed by atoms with Gasteiger partial charge in [-0.05, 0) is 19.9 Å². The Labute approximate surface area is 118 Å². The molecule has 1 heterocycles. The number of anilines is 1. The predicted octanol–water partition coefficient (Wildman–Crippen LogP) is 0.699. The minimum atomic E-state index is -0.523. The Morgan fingerprint density at radius 2 is 1.70 bits per heavy atom. The molecular weight excluding hydrogens is 258 g/mol. The Morgan fingerprint density at radius 3 is 2.20 bits per heavy atom. The molecule has 0 bridgehead atoms. The van der Waals surface area contributed by atoms with Gasteiger partial charge in [0.2, 0.25) is 11.9 Å². The third-order valence-electron chi connectivity index (χ3n) is 2.39. The molecule has 110 valence electrons. The van der Waals surface area contributed by atoms with Gasteiger partial charge in [0.1, 0.15) is 0 Å². The smallest absolute Gasteiger partial charge is 0.257 e. The van der Waals surface area contributed by atoms with Crippen LogP contribution in [0, 0.1) is 19.3 Å². The van der Waals surface area contributed by atoms with E-state index in [1.807, 2.05) is 19.9 Å². The molecule has 1 aromatic heterocycles. The quantitative estimate of drug-likeness (QED) is 0.705. The Balaban J connectivity index is 2.42. The summed E-state index contributed by atoms with van der Waals surface area (Å²) in [4.78, 5) is 31.4. The topological polar surface area (TPSA) is 96.0 Å². The maximum atomic E-state index is 11.6. The van der Waals surface area contributed by atoms with Crippen LogP contribution in [0.3, 0.4) is 0 Å². The van der Waals surface area contributed by atoms with E-state index in [-0.39, 0.29) is 18.4 Å². The van der Waals surface area contributed by atoms with Gasteiger partial charge in [-0.15, -0.1) is 0 Å². The molecule has 7 heteroatoms. The number of carbonyl (C=O) groups is 2. The number of nitrogens with one attached hydrogen (secondary N) is 3. The van der Waals surface area contributed by atoms with Crippen molar-refractivity contribution in [2.75, 3.05) is 12.0 Å². The molecule has 2 amide bonds. The third kappa shape index (κ3) is 5.21. The molecule has 0 radical (unpaired) electrons. The molecule has 20 heavy (non-hydrogen) atoms. The van der Waals surface area contributed by atoms with Gasteiger partial charge in [-0.3, -0.25) is 20.4 Å². The fourth-order valence-corrected chi connectivity index (χ4v) is 1.38. The molecule has 3 N–H and O–H groups in total. The van der Waals surface area contributed by atoms with Crippen molar-refractivity contribution < 1.29 is 9.59 Å². The molecule has 0 spiro atoms. The lowest BCUT2D eigenvalue weighted by atomic mass is 9.96. The second-order valence-electron chi connectivity index (χ2n) is 5.58. The van der Waals surface area contributed by atoms with Crippen LogP contribution in [0.2, 0.25) is 0 Å². The van der Waals surface area contributed by atoms with Crippen LogP contribution in [-0.4, -0.2) is 28.3 Å². The standard InChI is InChI=1S/C13H21N5O2/c1-8-6-9(2)16-12(15-8)18-17-10(19)7-14-11(20)13(3,4)5/h6H,7H2,1-5H3,(H,14,20)(H,17,19)(H,15,16,18). The molecule has 0 aliphatic heterocycles. The van der Waals surface area contributed by atoms with Crippen molar-refractivity contribution in [2.24, 2.45) is 5.41 Å². The lowest BCUT2D eigenvalue weighted by Crippen LogP contribution is -2.43. The van der Waals surface area contributed by atoms with Gasteiger partial charge in [0, 0.05) is 16.8 Å². The van der Waals surface area contributed by atoms with Crippen LogP contribution in [0.25, 0.3) is 0 Å². The summed E-state index contributed by atoms with van der Waals surface area (Å²) in [6.45, 7) is 8.91. The number of rotatable bonds is 4. The lowest BCUT2D eigenvalue weighted by molar-refractivity contribution is -0.131. The highest BCUT2D eigenvalue weighted by molar-refractivity contribution is 5.87. The maximum Gasteiger partial charge on any atom is 0.257 e. The number of nitrogens with zero attached hydrogens (tertiary/aromatic N) is 2. The van der Waals surface area contributed by atoms with Crippen LogP contribution in [-0.2, 0) is 9.59 Å². The SMILES string of the molecule is Cc1cc(C)nc(NNC(=O)CNC(=O)C(C)(C)C)n1. The van der Waals surface area contributed by atoms with E-state index >= 15 is 0 Å². The Morgan fingerprint density at radius 1 is 1.15 bits per heavy atom. The van der Waals surface area contributed by atoms with E-state index in [4.69, 9.17) is 0 Å². The number of hydrazine groups is 1. The Kier molecular flexibility index (Phi) is 5.01. The highest BCUT2D eigenvalue weighted by Gasteiger charge is 2.21. The van der Waals surface area contributed by atoms with E-state index in [0.29, 0.717) is 5.95 Å². The third-order valence-corrected chi connectivity index (χ3v) is 2.39. The highest BCUT2D eigenvalue weighted by Crippen LogP contribution is 2.11. The molecule has 0 saturated carbocycles. The van der Waals surface area contributed by atoms with Crippen LogP contribution >= 0.6 is 0 Å². The summed E-state index contributed by atoms with van der Waals surface area (Å²) in [6.07, 6.45) is 0. The molecule has 0 aliphatic rings. The van der Waals surface area contributed by atoms with Gasteiger partial charge in [-0.25, -0.2) is 9.97 Å². The molecule has 0 aromatic carbocycles.